The predicted molar refractivity (Wildman–Crippen MR) is 89.0 cm³/mol. The molecule has 0 aromatic heterocycles. The smallest absolute Gasteiger partial charge is 0.241 e. The van der Waals surface area contributed by atoms with Gasteiger partial charge in [-0.2, -0.15) is 11.8 Å². The van der Waals surface area contributed by atoms with E-state index >= 15 is 0 Å². The Hall–Kier alpha value is -0.760. The summed E-state index contributed by atoms with van der Waals surface area (Å²) >= 11 is 1.86. The van der Waals surface area contributed by atoms with Crippen LogP contribution in [0.3, 0.4) is 0 Å². The second kappa shape index (κ2) is 7.00. The van der Waals surface area contributed by atoms with Crippen LogP contribution in [-0.4, -0.2) is 26.0 Å². The fourth-order valence-corrected chi connectivity index (χ4v) is 5.58. The van der Waals surface area contributed by atoms with E-state index in [1.165, 1.54) is 12.8 Å². The van der Waals surface area contributed by atoms with Crippen molar-refractivity contribution in [2.45, 2.75) is 43.3 Å². The van der Waals surface area contributed by atoms with Gasteiger partial charge in [-0.3, -0.25) is 5.84 Å². The molecule has 7 heteroatoms. The number of nitrogen functional groups attached to an aromatic ring is 1. The standard InChI is InChI=1S/C14H23N3O2S2/c1-10-7-12(17-15)8-11(2)14(10)21(18,19)16-9-13-5-3-4-6-20-13/h7-8,13,16-17H,3-6,9,15H2,1-2H3. The summed E-state index contributed by atoms with van der Waals surface area (Å²) in [5.41, 5.74) is 4.67. The highest BCUT2D eigenvalue weighted by atomic mass is 32.2. The lowest BCUT2D eigenvalue weighted by atomic mass is 10.1. The number of aryl methyl sites for hydroxylation is 2. The highest BCUT2D eigenvalue weighted by molar-refractivity contribution is 8.00. The summed E-state index contributed by atoms with van der Waals surface area (Å²) < 4.78 is 27.9. The number of nitrogens with two attached hydrogens (primary N) is 1. The van der Waals surface area contributed by atoms with Crippen molar-refractivity contribution in [2.24, 2.45) is 5.84 Å². The highest BCUT2D eigenvalue weighted by Gasteiger charge is 2.22. The van der Waals surface area contributed by atoms with Crippen LogP contribution in [0.4, 0.5) is 5.69 Å². The molecule has 21 heavy (non-hydrogen) atoms. The number of hydrogen-bond donors (Lipinski definition) is 3. The molecule has 1 atom stereocenters. The Morgan fingerprint density at radius 3 is 2.48 bits per heavy atom. The Labute approximate surface area is 131 Å². The molecule has 0 bridgehead atoms. The van der Waals surface area contributed by atoms with Crippen LogP contribution in [0.5, 0.6) is 0 Å². The van der Waals surface area contributed by atoms with Crippen LogP contribution in [0.1, 0.15) is 30.4 Å². The molecule has 1 aliphatic rings. The fraction of sp³-hybridized carbons (Fsp3) is 0.571. The summed E-state index contributed by atoms with van der Waals surface area (Å²) in [4.78, 5) is 0.363. The quantitative estimate of drug-likeness (QED) is 0.569. The predicted octanol–water partition coefficient (Wildman–Crippen LogP) is 2.15. The highest BCUT2D eigenvalue weighted by Crippen LogP contribution is 2.26. The molecule has 1 fully saturated rings. The summed E-state index contributed by atoms with van der Waals surface area (Å²) in [5.74, 6) is 6.51. The monoisotopic (exact) mass is 329 g/mol. The number of hydrazine groups is 1. The Bertz CT molecular complexity index is 573. The van der Waals surface area contributed by atoms with E-state index in [4.69, 9.17) is 5.84 Å². The minimum Gasteiger partial charge on any atom is -0.324 e. The molecular formula is C14H23N3O2S2. The molecule has 0 spiro atoms. The maximum Gasteiger partial charge on any atom is 0.241 e. The summed E-state index contributed by atoms with van der Waals surface area (Å²) in [6.45, 7) is 4.08. The number of anilines is 1. The van der Waals surface area contributed by atoms with Gasteiger partial charge in [-0.15, -0.1) is 0 Å². The zero-order chi connectivity index (χ0) is 15.5. The summed E-state index contributed by atoms with van der Waals surface area (Å²) in [6, 6.07) is 3.49. The SMILES string of the molecule is Cc1cc(NN)cc(C)c1S(=O)(=O)NCC1CCCCS1. The van der Waals surface area contributed by atoms with Crippen molar-refractivity contribution in [1.29, 1.82) is 0 Å². The Morgan fingerprint density at radius 1 is 1.29 bits per heavy atom. The van der Waals surface area contributed by atoms with Gasteiger partial charge in [-0.05, 0) is 55.7 Å². The molecule has 1 aromatic carbocycles. The number of hydrogen-bond acceptors (Lipinski definition) is 5. The summed E-state index contributed by atoms with van der Waals surface area (Å²) in [5, 5.41) is 0.388. The number of thioether (sulfide) groups is 1. The molecule has 0 radical (unpaired) electrons. The normalized spacial score (nSPS) is 19.5. The van der Waals surface area contributed by atoms with Crippen molar-refractivity contribution in [3.05, 3.63) is 23.3 Å². The molecule has 0 saturated carbocycles. The summed E-state index contributed by atoms with van der Waals surface area (Å²) in [7, 11) is -3.48. The molecule has 1 aliphatic heterocycles. The van der Waals surface area contributed by atoms with Gasteiger partial charge in [0.25, 0.3) is 0 Å². The molecule has 1 aromatic rings. The van der Waals surface area contributed by atoms with Gasteiger partial charge in [0.05, 0.1) is 4.90 Å². The van der Waals surface area contributed by atoms with Crippen molar-refractivity contribution >= 4 is 27.5 Å². The largest absolute Gasteiger partial charge is 0.324 e. The van der Waals surface area contributed by atoms with Gasteiger partial charge in [-0.25, -0.2) is 13.1 Å². The molecule has 4 N–H and O–H groups in total. The van der Waals surface area contributed by atoms with Gasteiger partial charge >= 0.3 is 0 Å². The van der Waals surface area contributed by atoms with Crippen LogP contribution in [0, 0.1) is 13.8 Å². The van der Waals surface area contributed by atoms with Gasteiger partial charge < -0.3 is 5.43 Å². The Balaban J connectivity index is 2.15. The molecule has 1 saturated heterocycles. The van der Waals surface area contributed by atoms with E-state index in [-0.39, 0.29) is 0 Å². The molecule has 0 aliphatic carbocycles. The van der Waals surface area contributed by atoms with Gasteiger partial charge in [0.15, 0.2) is 0 Å². The van der Waals surface area contributed by atoms with Gasteiger partial charge in [0, 0.05) is 17.5 Å². The maximum absolute atomic E-state index is 12.5. The zero-order valence-corrected chi connectivity index (χ0v) is 14.1. The third-order valence-electron chi connectivity index (χ3n) is 3.67. The number of benzene rings is 1. The third kappa shape index (κ3) is 4.12. The second-order valence-corrected chi connectivity index (χ2v) is 8.54. The first kappa shape index (κ1) is 16.6. The molecular weight excluding hydrogens is 306 g/mol. The topological polar surface area (TPSA) is 84.2 Å². The van der Waals surface area contributed by atoms with Crippen molar-refractivity contribution in [3.63, 3.8) is 0 Å². The first-order chi connectivity index (χ1) is 9.94. The van der Waals surface area contributed by atoms with Crippen LogP contribution in [0.15, 0.2) is 17.0 Å². The van der Waals surface area contributed by atoms with Gasteiger partial charge in [-0.1, -0.05) is 6.42 Å². The van der Waals surface area contributed by atoms with E-state index in [0.29, 0.717) is 33.5 Å². The average molecular weight is 329 g/mol. The Morgan fingerprint density at radius 2 is 1.95 bits per heavy atom. The lowest BCUT2D eigenvalue weighted by molar-refractivity contribution is 0.572. The minimum atomic E-state index is -3.48. The van der Waals surface area contributed by atoms with Crippen LogP contribution in [0.25, 0.3) is 0 Å². The molecule has 5 nitrogen and oxygen atoms in total. The first-order valence-electron chi connectivity index (χ1n) is 7.13. The van der Waals surface area contributed by atoms with E-state index in [9.17, 15) is 8.42 Å². The summed E-state index contributed by atoms with van der Waals surface area (Å²) in [6.07, 6.45) is 3.51. The zero-order valence-electron chi connectivity index (χ0n) is 12.5. The van der Waals surface area contributed by atoms with Crippen LogP contribution < -0.4 is 16.0 Å². The first-order valence-corrected chi connectivity index (χ1v) is 9.66. The van der Waals surface area contributed by atoms with Crippen molar-refractivity contribution in [1.82, 2.24) is 4.72 Å². The van der Waals surface area contributed by atoms with Gasteiger partial charge in [0.1, 0.15) is 0 Å². The minimum absolute atomic E-state index is 0.363. The molecule has 1 heterocycles. The van der Waals surface area contributed by atoms with Crippen LogP contribution in [0.2, 0.25) is 0 Å². The van der Waals surface area contributed by atoms with Gasteiger partial charge in [0.2, 0.25) is 10.0 Å². The molecule has 1 unspecified atom stereocenters. The lowest BCUT2D eigenvalue weighted by Gasteiger charge is -2.22. The number of rotatable bonds is 5. The molecule has 118 valence electrons. The number of nitrogens with one attached hydrogen (secondary N) is 2. The van der Waals surface area contributed by atoms with E-state index in [2.05, 4.69) is 10.1 Å². The van der Waals surface area contributed by atoms with E-state index in [1.54, 1.807) is 26.0 Å². The van der Waals surface area contributed by atoms with Crippen molar-refractivity contribution in [3.8, 4) is 0 Å². The van der Waals surface area contributed by atoms with E-state index in [1.807, 2.05) is 11.8 Å². The average Bonchev–Trinajstić information content (AvgIpc) is 2.45. The fourth-order valence-electron chi connectivity index (χ4n) is 2.70. The second-order valence-electron chi connectivity index (χ2n) is 5.42. The Kier molecular flexibility index (Phi) is 5.54. The lowest BCUT2D eigenvalue weighted by Crippen LogP contribution is -2.32. The molecule has 2 rings (SSSR count). The van der Waals surface area contributed by atoms with Crippen molar-refractivity contribution in [2.75, 3.05) is 17.7 Å². The van der Waals surface area contributed by atoms with Crippen LogP contribution in [-0.2, 0) is 10.0 Å². The van der Waals surface area contributed by atoms with Crippen LogP contribution >= 0.6 is 11.8 Å². The molecule has 0 amide bonds. The number of sulfonamides is 1. The van der Waals surface area contributed by atoms with E-state index in [0.717, 1.165) is 12.2 Å². The third-order valence-corrected chi connectivity index (χ3v) is 6.80. The van der Waals surface area contributed by atoms with E-state index < -0.39 is 10.0 Å². The van der Waals surface area contributed by atoms with Crippen molar-refractivity contribution < 1.29 is 8.42 Å². The maximum atomic E-state index is 12.5.